The van der Waals surface area contributed by atoms with Crippen molar-refractivity contribution in [3.63, 3.8) is 0 Å². The number of nitrogens with two attached hydrogens (primary N) is 1. The van der Waals surface area contributed by atoms with Crippen LogP contribution in [0.1, 0.15) is 37.5 Å². The van der Waals surface area contributed by atoms with Crippen LogP contribution in [0.15, 0.2) is 18.2 Å². The van der Waals surface area contributed by atoms with E-state index >= 15 is 0 Å². The first-order valence-electron chi connectivity index (χ1n) is 5.23. The van der Waals surface area contributed by atoms with Crippen molar-refractivity contribution in [2.75, 3.05) is 0 Å². The molecule has 0 spiro atoms. The Morgan fingerprint density at radius 2 is 1.79 bits per heavy atom. The highest BCUT2D eigenvalue weighted by molar-refractivity contribution is 5.37. The predicted molar refractivity (Wildman–Crippen MR) is 62.3 cm³/mol. The Hall–Kier alpha value is -0.820. The number of aryl methyl sites for hydroxylation is 1. The summed E-state index contributed by atoms with van der Waals surface area (Å²) in [4.78, 5) is 0. The SMILES string of the molecule is Cc1cccc(C(C)(N)C(C)C)c1C. The quantitative estimate of drug-likeness (QED) is 0.763. The first kappa shape index (κ1) is 11.3. The maximum Gasteiger partial charge on any atom is 0.0407 e. The molecule has 1 nitrogen and oxygen atoms in total. The monoisotopic (exact) mass is 191 g/mol. The fraction of sp³-hybridized carbons (Fsp3) is 0.538. The van der Waals surface area contributed by atoms with Crippen molar-refractivity contribution in [1.29, 1.82) is 0 Å². The lowest BCUT2D eigenvalue weighted by Gasteiger charge is -2.31. The third kappa shape index (κ3) is 1.83. The van der Waals surface area contributed by atoms with Gasteiger partial charge in [0.05, 0.1) is 0 Å². The molecule has 0 fully saturated rings. The highest BCUT2D eigenvalue weighted by Crippen LogP contribution is 2.29. The summed E-state index contributed by atoms with van der Waals surface area (Å²) in [6, 6.07) is 6.36. The van der Waals surface area contributed by atoms with Crippen LogP contribution in [0.2, 0.25) is 0 Å². The zero-order chi connectivity index (χ0) is 10.9. The minimum atomic E-state index is -0.226. The molecule has 0 aliphatic carbocycles. The van der Waals surface area contributed by atoms with E-state index in [0.717, 1.165) is 0 Å². The van der Waals surface area contributed by atoms with Gasteiger partial charge in [-0.15, -0.1) is 0 Å². The number of rotatable bonds is 2. The Morgan fingerprint density at radius 3 is 2.29 bits per heavy atom. The summed E-state index contributed by atoms with van der Waals surface area (Å²) in [5.41, 5.74) is 10.0. The van der Waals surface area contributed by atoms with Gasteiger partial charge >= 0.3 is 0 Å². The molecule has 1 heteroatoms. The van der Waals surface area contributed by atoms with Crippen LogP contribution in [0.3, 0.4) is 0 Å². The lowest BCUT2D eigenvalue weighted by molar-refractivity contribution is 0.349. The zero-order valence-corrected chi connectivity index (χ0v) is 9.89. The minimum absolute atomic E-state index is 0.226. The average Bonchev–Trinajstić information content (AvgIpc) is 2.09. The summed E-state index contributed by atoms with van der Waals surface area (Å²) < 4.78 is 0. The Balaban J connectivity index is 3.26. The second kappa shape index (κ2) is 3.74. The smallest absolute Gasteiger partial charge is 0.0407 e. The van der Waals surface area contributed by atoms with Crippen molar-refractivity contribution in [1.82, 2.24) is 0 Å². The predicted octanol–water partition coefficient (Wildman–Crippen LogP) is 3.13. The highest BCUT2D eigenvalue weighted by atomic mass is 14.7. The van der Waals surface area contributed by atoms with Gasteiger partial charge in [0.1, 0.15) is 0 Å². The molecule has 0 saturated heterocycles. The Labute approximate surface area is 87.3 Å². The molecule has 0 saturated carbocycles. The molecule has 0 bridgehead atoms. The van der Waals surface area contributed by atoms with Crippen LogP contribution < -0.4 is 5.73 Å². The van der Waals surface area contributed by atoms with Gasteiger partial charge in [0.25, 0.3) is 0 Å². The molecular weight excluding hydrogens is 170 g/mol. The van der Waals surface area contributed by atoms with Gasteiger partial charge in [0.2, 0.25) is 0 Å². The van der Waals surface area contributed by atoms with E-state index in [-0.39, 0.29) is 5.54 Å². The van der Waals surface area contributed by atoms with Gasteiger partial charge in [0.15, 0.2) is 0 Å². The molecule has 0 aromatic heterocycles. The molecule has 14 heavy (non-hydrogen) atoms. The normalized spacial score (nSPS) is 15.6. The fourth-order valence-corrected chi connectivity index (χ4v) is 1.65. The van der Waals surface area contributed by atoms with Gasteiger partial charge in [-0.1, -0.05) is 32.0 Å². The number of hydrogen-bond donors (Lipinski definition) is 1. The lowest BCUT2D eigenvalue weighted by Crippen LogP contribution is -2.39. The van der Waals surface area contributed by atoms with Crippen LogP contribution in [0.5, 0.6) is 0 Å². The summed E-state index contributed by atoms with van der Waals surface area (Å²) >= 11 is 0. The van der Waals surface area contributed by atoms with E-state index in [9.17, 15) is 0 Å². The molecule has 1 aromatic carbocycles. The van der Waals surface area contributed by atoms with Gasteiger partial charge in [-0.25, -0.2) is 0 Å². The average molecular weight is 191 g/mol. The van der Waals surface area contributed by atoms with E-state index in [2.05, 4.69) is 52.8 Å². The fourth-order valence-electron chi connectivity index (χ4n) is 1.65. The highest BCUT2D eigenvalue weighted by Gasteiger charge is 2.26. The molecule has 0 amide bonds. The van der Waals surface area contributed by atoms with E-state index in [1.165, 1.54) is 16.7 Å². The van der Waals surface area contributed by atoms with Crippen molar-refractivity contribution in [3.05, 3.63) is 34.9 Å². The molecular formula is C13H21N. The van der Waals surface area contributed by atoms with Gasteiger partial charge in [-0.2, -0.15) is 0 Å². The van der Waals surface area contributed by atoms with Gasteiger partial charge in [-0.3, -0.25) is 0 Å². The summed E-state index contributed by atoms with van der Waals surface area (Å²) in [6.07, 6.45) is 0. The van der Waals surface area contributed by atoms with Crippen LogP contribution in [-0.2, 0) is 5.54 Å². The molecule has 2 N–H and O–H groups in total. The Kier molecular flexibility index (Phi) is 3.01. The van der Waals surface area contributed by atoms with Crippen LogP contribution in [-0.4, -0.2) is 0 Å². The minimum Gasteiger partial charge on any atom is -0.321 e. The Morgan fingerprint density at radius 1 is 1.21 bits per heavy atom. The molecule has 1 atom stereocenters. The van der Waals surface area contributed by atoms with Crippen molar-refractivity contribution in [2.24, 2.45) is 11.7 Å². The zero-order valence-electron chi connectivity index (χ0n) is 9.89. The van der Waals surface area contributed by atoms with Crippen LogP contribution in [0, 0.1) is 19.8 Å². The van der Waals surface area contributed by atoms with Crippen molar-refractivity contribution in [3.8, 4) is 0 Å². The van der Waals surface area contributed by atoms with Crippen LogP contribution >= 0.6 is 0 Å². The molecule has 1 unspecified atom stereocenters. The summed E-state index contributed by atoms with van der Waals surface area (Å²) in [5, 5.41) is 0. The third-order valence-corrected chi connectivity index (χ3v) is 3.38. The molecule has 78 valence electrons. The van der Waals surface area contributed by atoms with Crippen molar-refractivity contribution in [2.45, 2.75) is 40.2 Å². The maximum atomic E-state index is 6.35. The second-order valence-corrected chi connectivity index (χ2v) is 4.68. The van der Waals surface area contributed by atoms with Crippen molar-refractivity contribution >= 4 is 0 Å². The summed E-state index contributed by atoms with van der Waals surface area (Å²) in [7, 11) is 0. The second-order valence-electron chi connectivity index (χ2n) is 4.68. The number of hydrogen-bond acceptors (Lipinski definition) is 1. The van der Waals surface area contributed by atoms with Crippen LogP contribution in [0.25, 0.3) is 0 Å². The Bertz CT molecular complexity index is 324. The molecule has 0 aliphatic rings. The van der Waals surface area contributed by atoms with Gasteiger partial charge in [-0.05, 0) is 43.4 Å². The molecule has 1 rings (SSSR count). The first-order valence-corrected chi connectivity index (χ1v) is 5.23. The molecule has 0 radical (unpaired) electrons. The summed E-state index contributed by atoms with van der Waals surface area (Å²) in [5.74, 6) is 0.447. The van der Waals surface area contributed by atoms with E-state index in [1.807, 2.05) is 0 Å². The first-order chi connectivity index (χ1) is 6.37. The number of benzene rings is 1. The topological polar surface area (TPSA) is 26.0 Å². The largest absolute Gasteiger partial charge is 0.321 e. The summed E-state index contributed by atoms with van der Waals surface area (Å²) in [6.45, 7) is 10.7. The molecule has 0 heterocycles. The lowest BCUT2D eigenvalue weighted by atomic mass is 9.80. The van der Waals surface area contributed by atoms with E-state index < -0.39 is 0 Å². The standard InChI is InChI=1S/C13H21N/c1-9(2)13(5,14)12-8-6-7-10(3)11(12)4/h6-9H,14H2,1-5H3. The van der Waals surface area contributed by atoms with Gasteiger partial charge in [0, 0.05) is 5.54 Å². The maximum absolute atomic E-state index is 6.35. The third-order valence-electron chi connectivity index (χ3n) is 3.38. The van der Waals surface area contributed by atoms with Crippen molar-refractivity contribution < 1.29 is 0 Å². The van der Waals surface area contributed by atoms with E-state index in [4.69, 9.17) is 5.73 Å². The van der Waals surface area contributed by atoms with E-state index in [0.29, 0.717) is 5.92 Å². The molecule has 1 aromatic rings. The van der Waals surface area contributed by atoms with E-state index in [1.54, 1.807) is 0 Å². The van der Waals surface area contributed by atoms with Crippen LogP contribution in [0.4, 0.5) is 0 Å². The van der Waals surface area contributed by atoms with Gasteiger partial charge < -0.3 is 5.73 Å². The molecule has 0 aliphatic heterocycles.